The van der Waals surface area contributed by atoms with Gasteiger partial charge >= 0.3 is 12.1 Å². The maximum atomic E-state index is 10.0. The second-order valence-corrected chi connectivity index (χ2v) is 4.38. The minimum atomic E-state index is -0.756. The Bertz CT molecular complexity index is 239. The van der Waals surface area contributed by atoms with E-state index >= 15 is 0 Å². The van der Waals surface area contributed by atoms with Crippen molar-refractivity contribution < 1.29 is 19.4 Å². The van der Waals surface area contributed by atoms with Gasteiger partial charge in [-0.3, -0.25) is 4.79 Å². The molecule has 0 unspecified atom stereocenters. The number of nitrogens with two attached hydrogens (primary N) is 1. The summed E-state index contributed by atoms with van der Waals surface area (Å²) in [5.74, 6) is -0.756. The molecule has 3 N–H and O–H groups in total. The Morgan fingerprint density at radius 3 is 1.81 bits per heavy atom. The molecule has 0 aliphatic carbocycles. The molecule has 0 aromatic heterocycles. The summed E-state index contributed by atoms with van der Waals surface area (Å²) in [5, 5.41) is 8.12. The number of hydrogen-bond acceptors (Lipinski definition) is 3. The fourth-order valence-corrected chi connectivity index (χ4v) is 0.622. The quantitative estimate of drug-likeness (QED) is 0.729. The molecule has 94 valence electrons. The smallest absolute Gasteiger partial charge is 0.405 e. The van der Waals surface area contributed by atoms with Gasteiger partial charge in [-0.15, -0.1) is 6.58 Å². The van der Waals surface area contributed by atoms with Gasteiger partial charge in [-0.2, -0.15) is 0 Å². The molecular formula is C11H21NO4. The normalized spacial score (nSPS) is 9.75. The number of rotatable bonds is 3. The molecule has 1 amide bonds. The first-order valence-corrected chi connectivity index (χ1v) is 4.89. The van der Waals surface area contributed by atoms with Crippen LogP contribution in [0.5, 0.6) is 0 Å². The van der Waals surface area contributed by atoms with E-state index < -0.39 is 17.7 Å². The molecule has 0 aromatic rings. The van der Waals surface area contributed by atoms with Crippen LogP contribution in [0.25, 0.3) is 0 Å². The lowest BCUT2D eigenvalue weighted by Gasteiger charge is -2.16. The highest BCUT2D eigenvalue weighted by Gasteiger charge is 2.12. The van der Waals surface area contributed by atoms with Gasteiger partial charge in [-0.25, -0.2) is 4.79 Å². The van der Waals surface area contributed by atoms with Crippen LogP contribution in [0, 0.1) is 0 Å². The zero-order valence-corrected chi connectivity index (χ0v) is 10.4. The van der Waals surface area contributed by atoms with Crippen LogP contribution >= 0.6 is 0 Å². The molecule has 0 saturated heterocycles. The van der Waals surface area contributed by atoms with E-state index in [1.54, 1.807) is 20.8 Å². The SMILES string of the molecule is C=C(C)CCC(=O)O.CC(C)(C)OC(N)=O. The Morgan fingerprint density at radius 2 is 1.75 bits per heavy atom. The van der Waals surface area contributed by atoms with Crippen molar-refractivity contribution in [3.63, 3.8) is 0 Å². The fourth-order valence-electron chi connectivity index (χ4n) is 0.622. The minimum absolute atomic E-state index is 0.204. The highest BCUT2D eigenvalue weighted by atomic mass is 16.6. The molecule has 0 rings (SSSR count). The van der Waals surface area contributed by atoms with E-state index in [4.69, 9.17) is 10.8 Å². The van der Waals surface area contributed by atoms with Crippen molar-refractivity contribution in [2.75, 3.05) is 0 Å². The van der Waals surface area contributed by atoms with Crippen LogP contribution in [-0.4, -0.2) is 22.8 Å². The van der Waals surface area contributed by atoms with E-state index in [0.717, 1.165) is 5.57 Å². The Hall–Kier alpha value is -1.52. The zero-order chi connectivity index (χ0) is 13.4. The van der Waals surface area contributed by atoms with E-state index in [0.29, 0.717) is 6.42 Å². The number of primary amides is 1. The van der Waals surface area contributed by atoms with Crippen molar-refractivity contribution in [3.05, 3.63) is 12.2 Å². The molecule has 16 heavy (non-hydrogen) atoms. The third-order valence-electron chi connectivity index (χ3n) is 1.17. The number of hydrogen-bond donors (Lipinski definition) is 2. The number of carboxylic acid groups (broad SMARTS) is 1. The van der Waals surface area contributed by atoms with Crippen LogP contribution in [0.15, 0.2) is 12.2 Å². The molecule has 5 heteroatoms. The van der Waals surface area contributed by atoms with Crippen LogP contribution in [-0.2, 0) is 9.53 Å². The van der Waals surface area contributed by atoms with Crippen LogP contribution in [0.3, 0.4) is 0 Å². The summed E-state index contributed by atoms with van der Waals surface area (Å²) in [6.07, 6.45) is 0.0718. The third kappa shape index (κ3) is 22.9. The largest absolute Gasteiger partial charge is 0.481 e. The molecule has 0 fully saturated rings. The van der Waals surface area contributed by atoms with E-state index in [1.165, 1.54) is 0 Å². The first kappa shape index (κ1) is 16.9. The highest BCUT2D eigenvalue weighted by molar-refractivity contribution is 5.66. The van der Waals surface area contributed by atoms with E-state index in [2.05, 4.69) is 11.3 Å². The maximum Gasteiger partial charge on any atom is 0.405 e. The standard InChI is InChI=1S/C6H10O2.C5H11NO2/c1-5(2)3-4-6(7)8;1-5(2,3)8-4(6)7/h1,3-4H2,2H3,(H,7,8);1-3H3,(H2,6,7). The van der Waals surface area contributed by atoms with Crippen molar-refractivity contribution in [2.24, 2.45) is 5.73 Å². The average Bonchev–Trinajstić information content (AvgIpc) is 1.96. The summed E-state index contributed by atoms with van der Waals surface area (Å²) < 4.78 is 4.58. The Kier molecular flexibility index (Phi) is 8.16. The lowest BCUT2D eigenvalue weighted by molar-refractivity contribution is -0.136. The number of allylic oxidation sites excluding steroid dienone is 1. The number of carbonyl (C=O) groups excluding carboxylic acids is 1. The van der Waals surface area contributed by atoms with Gasteiger partial charge in [-0.05, 0) is 34.1 Å². The van der Waals surface area contributed by atoms with E-state index in [9.17, 15) is 9.59 Å². The first-order chi connectivity index (χ1) is 7.04. The molecule has 0 aromatic carbocycles. The summed E-state index contributed by atoms with van der Waals surface area (Å²) in [7, 11) is 0. The van der Waals surface area contributed by atoms with Gasteiger partial charge in [0.15, 0.2) is 0 Å². The van der Waals surface area contributed by atoms with E-state index in [-0.39, 0.29) is 6.42 Å². The first-order valence-electron chi connectivity index (χ1n) is 4.89. The van der Waals surface area contributed by atoms with Gasteiger partial charge < -0.3 is 15.6 Å². The van der Waals surface area contributed by atoms with Crippen molar-refractivity contribution in [1.82, 2.24) is 0 Å². The summed E-state index contributed by atoms with van der Waals surface area (Å²) in [4.78, 5) is 19.9. The van der Waals surface area contributed by atoms with Crippen LogP contribution in [0.4, 0.5) is 4.79 Å². The number of carbonyl (C=O) groups is 2. The molecule has 0 spiro atoms. The van der Waals surface area contributed by atoms with Gasteiger partial charge in [0.2, 0.25) is 0 Å². The fraction of sp³-hybridized carbons (Fsp3) is 0.636. The molecule has 0 radical (unpaired) electrons. The monoisotopic (exact) mass is 231 g/mol. The minimum Gasteiger partial charge on any atom is -0.481 e. The second-order valence-electron chi connectivity index (χ2n) is 4.38. The molecule has 0 saturated carbocycles. The van der Waals surface area contributed by atoms with E-state index in [1.807, 2.05) is 6.92 Å². The Morgan fingerprint density at radius 1 is 1.31 bits per heavy atom. The van der Waals surface area contributed by atoms with Gasteiger partial charge in [-0.1, -0.05) is 5.57 Å². The molecule has 0 aliphatic rings. The predicted molar refractivity (Wildman–Crippen MR) is 62.1 cm³/mol. The van der Waals surface area contributed by atoms with Crippen LogP contribution < -0.4 is 5.73 Å². The van der Waals surface area contributed by atoms with Crippen LogP contribution in [0.1, 0.15) is 40.5 Å². The lowest BCUT2D eigenvalue weighted by atomic mass is 10.2. The summed E-state index contributed by atoms with van der Waals surface area (Å²) in [6, 6.07) is 0. The topological polar surface area (TPSA) is 89.6 Å². The van der Waals surface area contributed by atoms with Gasteiger partial charge in [0.25, 0.3) is 0 Å². The summed E-state index contributed by atoms with van der Waals surface area (Å²) in [6.45, 7) is 10.7. The molecular weight excluding hydrogens is 210 g/mol. The Labute approximate surface area is 96.3 Å². The average molecular weight is 231 g/mol. The number of carboxylic acids is 1. The molecule has 0 heterocycles. The van der Waals surface area contributed by atoms with Gasteiger partial charge in [0.05, 0.1) is 0 Å². The Balaban J connectivity index is 0. The molecule has 0 atom stereocenters. The van der Waals surface area contributed by atoms with Crippen molar-refractivity contribution in [2.45, 2.75) is 46.1 Å². The zero-order valence-electron chi connectivity index (χ0n) is 10.4. The number of amides is 1. The second kappa shape index (κ2) is 7.73. The number of ether oxygens (including phenoxy) is 1. The van der Waals surface area contributed by atoms with Crippen molar-refractivity contribution >= 4 is 12.1 Å². The van der Waals surface area contributed by atoms with Crippen molar-refractivity contribution in [1.29, 1.82) is 0 Å². The molecule has 0 aliphatic heterocycles. The van der Waals surface area contributed by atoms with Crippen molar-refractivity contribution in [3.8, 4) is 0 Å². The van der Waals surface area contributed by atoms with Gasteiger partial charge in [0, 0.05) is 6.42 Å². The predicted octanol–water partition coefficient (Wildman–Crippen LogP) is 2.31. The molecule has 5 nitrogen and oxygen atoms in total. The highest BCUT2D eigenvalue weighted by Crippen LogP contribution is 2.04. The van der Waals surface area contributed by atoms with Gasteiger partial charge in [0.1, 0.15) is 5.60 Å². The third-order valence-corrected chi connectivity index (χ3v) is 1.17. The maximum absolute atomic E-state index is 10.0. The molecule has 0 bridgehead atoms. The summed E-state index contributed by atoms with van der Waals surface area (Å²) >= 11 is 0. The lowest BCUT2D eigenvalue weighted by Crippen LogP contribution is -2.27. The summed E-state index contributed by atoms with van der Waals surface area (Å²) in [5.41, 5.74) is 5.19. The number of aliphatic carboxylic acids is 1. The van der Waals surface area contributed by atoms with Crippen LogP contribution in [0.2, 0.25) is 0 Å².